The van der Waals surface area contributed by atoms with Crippen LogP contribution in [0.3, 0.4) is 0 Å². The smallest absolute Gasteiger partial charge is 0.150 e. The number of hydrogen-bond donors (Lipinski definition) is 0. The van der Waals surface area contributed by atoms with Crippen molar-refractivity contribution in [2.45, 2.75) is 6.54 Å². The summed E-state index contributed by atoms with van der Waals surface area (Å²) in [7, 11) is 1.95. The maximum absolute atomic E-state index is 13.2. The number of hydrogen-bond acceptors (Lipinski definition) is 4. The van der Waals surface area contributed by atoms with Crippen LogP contribution in [0.1, 0.15) is 5.56 Å². The van der Waals surface area contributed by atoms with E-state index < -0.39 is 0 Å². The summed E-state index contributed by atoms with van der Waals surface area (Å²) in [6.45, 7) is 0.607. The topological polar surface area (TPSA) is 29.0 Å². The first kappa shape index (κ1) is 16.6. The van der Waals surface area contributed by atoms with Gasteiger partial charge in [-0.05, 0) is 41.5 Å². The Morgan fingerprint density at radius 2 is 1.58 bits per heavy atom. The number of thiophene rings is 1. The molecule has 0 N–H and O–H groups in total. The zero-order valence-electron chi connectivity index (χ0n) is 14.0. The second-order valence-corrected chi connectivity index (χ2v) is 7.06. The van der Waals surface area contributed by atoms with Gasteiger partial charge in [0.1, 0.15) is 23.8 Å². The number of aromatic nitrogens is 2. The molecule has 0 aliphatic rings. The molecule has 6 heteroatoms. The van der Waals surface area contributed by atoms with Crippen LogP contribution in [-0.4, -0.2) is 17.0 Å². The van der Waals surface area contributed by atoms with Gasteiger partial charge in [0.2, 0.25) is 0 Å². The molecule has 0 saturated carbocycles. The lowest BCUT2D eigenvalue weighted by molar-refractivity contribution is 0.626. The summed E-state index contributed by atoms with van der Waals surface area (Å²) in [4.78, 5) is 11.8. The maximum atomic E-state index is 13.2. The first-order valence-corrected chi connectivity index (χ1v) is 8.88. The number of rotatable bonds is 4. The molecule has 130 valence electrons. The van der Waals surface area contributed by atoms with Crippen LogP contribution in [0.5, 0.6) is 0 Å². The molecule has 0 radical (unpaired) electrons. The van der Waals surface area contributed by atoms with Gasteiger partial charge in [-0.1, -0.05) is 24.3 Å². The van der Waals surface area contributed by atoms with E-state index in [1.807, 2.05) is 18.0 Å². The van der Waals surface area contributed by atoms with Gasteiger partial charge in [0.25, 0.3) is 0 Å². The van der Waals surface area contributed by atoms with Gasteiger partial charge >= 0.3 is 0 Å². The van der Waals surface area contributed by atoms with Crippen molar-refractivity contribution in [1.29, 1.82) is 0 Å². The van der Waals surface area contributed by atoms with Crippen molar-refractivity contribution in [2.75, 3.05) is 11.9 Å². The Kier molecular flexibility index (Phi) is 4.34. The van der Waals surface area contributed by atoms with Crippen molar-refractivity contribution in [3.05, 3.63) is 78.1 Å². The van der Waals surface area contributed by atoms with Crippen molar-refractivity contribution >= 4 is 27.4 Å². The van der Waals surface area contributed by atoms with E-state index in [4.69, 9.17) is 0 Å². The Bertz CT molecular complexity index is 1040. The summed E-state index contributed by atoms with van der Waals surface area (Å²) in [5.41, 5.74) is 2.79. The number of nitrogens with zero attached hydrogens (tertiary/aromatic N) is 3. The Balaban J connectivity index is 1.68. The largest absolute Gasteiger partial charge is 0.354 e. The number of benzene rings is 2. The van der Waals surface area contributed by atoms with Crippen molar-refractivity contribution in [1.82, 2.24) is 9.97 Å². The van der Waals surface area contributed by atoms with Crippen molar-refractivity contribution < 1.29 is 8.78 Å². The summed E-state index contributed by atoms with van der Waals surface area (Å²) >= 11 is 1.58. The molecule has 0 amide bonds. The highest BCUT2D eigenvalue weighted by molar-refractivity contribution is 7.22. The normalized spacial score (nSPS) is 11.0. The van der Waals surface area contributed by atoms with Crippen LogP contribution in [0.4, 0.5) is 14.6 Å². The molecule has 3 nitrogen and oxygen atoms in total. The number of halogens is 2. The lowest BCUT2D eigenvalue weighted by Gasteiger charge is -2.18. The average Bonchev–Trinajstić information content (AvgIpc) is 3.08. The van der Waals surface area contributed by atoms with Gasteiger partial charge in [0.05, 0.1) is 10.2 Å². The molecule has 0 aliphatic heterocycles. The Morgan fingerprint density at radius 1 is 0.923 bits per heavy atom. The predicted octanol–water partition coefficient (Wildman–Crippen LogP) is 5.27. The molecule has 2 heterocycles. The molecule has 4 rings (SSSR count). The van der Waals surface area contributed by atoms with E-state index in [-0.39, 0.29) is 11.6 Å². The lowest BCUT2D eigenvalue weighted by atomic mass is 10.2. The third kappa shape index (κ3) is 3.28. The fraction of sp³-hybridized carbons (Fsp3) is 0.100. The summed E-state index contributed by atoms with van der Waals surface area (Å²) in [5, 5.41) is 0. The van der Waals surface area contributed by atoms with E-state index in [0.717, 1.165) is 32.0 Å². The van der Waals surface area contributed by atoms with Gasteiger partial charge in [0.15, 0.2) is 0 Å². The second-order valence-electron chi connectivity index (χ2n) is 6.01. The third-order valence-corrected chi connectivity index (χ3v) is 5.29. The Labute approximate surface area is 153 Å². The van der Waals surface area contributed by atoms with Gasteiger partial charge < -0.3 is 4.90 Å². The first-order chi connectivity index (χ1) is 12.6. The molecule has 4 aromatic rings. The van der Waals surface area contributed by atoms with Gasteiger partial charge in [-0.3, -0.25) is 0 Å². The highest BCUT2D eigenvalue weighted by atomic mass is 32.1. The molecule has 2 aromatic heterocycles. The molecule has 0 bridgehead atoms. The lowest BCUT2D eigenvalue weighted by Crippen LogP contribution is -2.17. The van der Waals surface area contributed by atoms with E-state index in [1.54, 1.807) is 41.9 Å². The minimum atomic E-state index is -0.255. The van der Waals surface area contributed by atoms with E-state index in [2.05, 4.69) is 9.97 Å². The summed E-state index contributed by atoms with van der Waals surface area (Å²) < 4.78 is 27.2. The molecular weight excluding hydrogens is 352 g/mol. The molecule has 0 saturated heterocycles. The fourth-order valence-electron chi connectivity index (χ4n) is 2.81. The van der Waals surface area contributed by atoms with Crippen LogP contribution in [0.15, 0.2) is 60.9 Å². The molecular formula is C20H15F2N3S. The predicted molar refractivity (Wildman–Crippen MR) is 101 cm³/mol. The summed E-state index contributed by atoms with van der Waals surface area (Å²) in [6.07, 6.45) is 1.54. The Hall–Kier alpha value is -2.86. The minimum Gasteiger partial charge on any atom is -0.354 e. The molecule has 0 fully saturated rings. The molecule has 0 spiro atoms. The van der Waals surface area contributed by atoms with Crippen LogP contribution >= 0.6 is 11.3 Å². The van der Waals surface area contributed by atoms with Crippen LogP contribution in [-0.2, 0) is 6.54 Å². The van der Waals surface area contributed by atoms with Gasteiger partial charge in [-0.15, -0.1) is 11.3 Å². The molecule has 26 heavy (non-hydrogen) atoms. The third-order valence-electron chi connectivity index (χ3n) is 4.12. The van der Waals surface area contributed by atoms with Crippen LogP contribution in [0.2, 0.25) is 0 Å². The van der Waals surface area contributed by atoms with Crippen LogP contribution in [0.25, 0.3) is 20.7 Å². The molecule has 2 aromatic carbocycles. The Morgan fingerprint density at radius 3 is 2.27 bits per heavy atom. The summed E-state index contributed by atoms with van der Waals surface area (Å²) in [5.74, 6) is 0.315. The van der Waals surface area contributed by atoms with Gasteiger partial charge in [-0.2, -0.15) is 0 Å². The highest BCUT2D eigenvalue weighted by Crippen LogP contribution is 2.36. The zero-order valence-corrected chi connectivity index (χ0v) is 14.8. The number of fused-ring (bicyclic) bond motifs is 1. The van der Waals surface area contributed by atoms with E-state index in [0.29, 0.717) is 6.54 Å². The van der Waals surface area contributed by atoms with Crippen LogP contribution in [0, 0.1) is 11.6 Å². The monoisotopic (exact) mass is 367 g/mol. The van der Waals surface area contributed by atoms with E-state index in [9.17, 15) is 8.78 Å². The minimum absolute atomic E-state index is 0.247. The number of anilines is 1. The molecule has 0 unspecified atom stereocenters. The van der Waals surface area contributed by atoms with Crippen molar-refractivity contribution in [2.24, 2.45) is 0 Å². The first-order valence-electron chi connectivity index (χ1n) is 8.06. The van der Waals surface area contributed by atoms with Crippen molar-refractivity contribution in [3.63, 3.8) is 0 Å². The van der Waals surface area contributed by atoms with E-state index in [1.165, 1.54) is 24.3 Å². The van der Waals surface area contributed by atoms with Crippen LogP contribution < -0.4 is 4.90 Å². The second kappa shape index (κ2) is 6.80. The van der Waals surface area contributed by atoms with Crippen molar-refractivity contribution in [3.8, 4) is 10.4 Å². The molecule has 0 atom stereocenters. The molecule has 0 aliphatic carbocycles. The fourth-order valence-corrected chi connectivity index (χ4v) is 3.97. The van der Waals surface area contributed by atoms with E-state index >= 15 is 0 Å². The maximum Gasteiger partial charge on any atom is 0.150 e. The van der Waals surface area contributed by atoms with Gasteiger partial charge in [-0.25, -0.2) is 18.7 Å². The quantitative estimate of drug-likeness (QED) is 0.492. The summed E-state index contributed by atoms with van der Waals surface area (Å²) in [6, 6.07) is 14.9. The average molecular weight is 367 g/mol. The highest BCUT2D eigenvalue weighted by Gasteiger charge is 2.14. The van der Waals surface area contributed by atoms with Gasteiger partial charge in [0, 0.05) is 18.5 Å². The zero-order chi connectivity index (χ0) is 18.1. The SMILES string of the molecule is CN(Cc1ccc(F)cc1)c1ncnc2cc(-c3ccc(F)cc3)sc12. The standard InChI is InChI=1S/C20H15F2N3S/c1-25(11-13-2-6-15(21)7-3-13)20-19-17(23-12-24-20)10-18(26-19)14-4-8-16(22)9-5-14/h2-10,12H,11H2,1H3.